The number of benzene rings is 1. The van der Waals surface area contributed by atoms with Crippen molar-refractivity contribution in [1.82, 2.24) is 9.62 Å². The van der Waals surface area contributed by atoms with Crippen molar-refractivity contribution in [2.24, 2.45) is 5.92 Å². The topological polar surface area (TPSA) is 75.4 Å². The second-order valence-corrected chi connectivity index (χ2v) is 7.59. The average Bonchev–Trinajstić information content (AvgIpc) is 2.48. The van der Waals surface area contributed by atoms with E-state index in [-0.39, 0.29) is 10.6 Å². The molecule has 0 radical (unpaired) electrons. The number of nitrogens with zero attached hydrogens (tertiary/aromatic N) is 1. The highest BCUT2D eigenvalue weighted by molar-refractivity contribution is 7.89. The van der Waals surface area contributed by atoms with Crippen molar-refractivity contribution in [2.75, 3.05) is 31.9 Å². The van der Waals surface area contributed by atoms with Gasteiger partial charge in [0, 0.05) is 6.54 Å². The molecule has 21 heavy (non-hydrogen) atoms. The summed E-state index contributed by atoms with van der Waals surface area (Å²) in [5.41, 5.74) is 5.93. The zero-order valence-corrected chi connectivity index (χ0v) is 13.8. The second-order valence-electron chi connectivity index (χ2n) is 5.41. The maximum atomic E-state index is 12.2. The number of hydrogen-bond donors (Lipinski definition) is 2. The van der Waals surface area contributed by atoms with Crippen molar-refractivity contribution < 1.29 is 8.42 Å². The molecule has 1 aromatic rings. The fourth-order valence-corrected chi connectivity index (χ4v) is 3.78. The van der Waals surface area contributed by atoms with Gasteiger partial charge in [0.2, 0.25) is 10.0 Å². The van der Waals surface area contributed by atoms with Crippen molar-refractivity contribution in [1.29, 1.82) is 0 Å². The van der Waals surface area contributed by atoms with Crippen molar-refractivity contribution in [3.8, 4) is 0 Å². The molecule has 7 heteroatoms. The molecule has 1 saturated heterocycles. The molecule has 0 spiro atoms. The fraction of sp³-hybridized carbons (Fsp3) is 0.571. The molecular formula is C14H22ClN3O2S. The number of hydrogen-bond acceptors (Lipinski definition) is 4. The van der Waals surface area contributed by atoms with Crippen LogP contribution >= 0.6 is 11.6 Å². The van der Waals surface area contributed by atoms with Gasteiger partial charge in [0.05, 0.1) is 15.6 Å². The number of piperidine rings is 1. The summed E-state index contributed by atoms with van der Waals surface area (Å²) >= 11 is 5.81. The molecule has 0 saturated carbocycles. The van der Waals surface area contributed by atoms with E-state index in [9.17, 15) is 8.42 Å². The quantitative estimate of drug-likeness (QED) is 0.808. The van der Waals surface area contributed by atoms with E-state index in [0.29, 0.717) is 17.5 Å². The first-order chi connectivity index (χ1) is 9.92. The molecule has 0 aromatic heterocycles. The average molecular weight is 332 g/mol. The summed E-state index contributed by atoms with van der Waals surface area (Å²) in [6, 6.07) is 4.37. The third-order valence-electron chi connectivity index (χ3n) is 3.99. The number of nitrogens with two attached hydrogens (primary N) is 1. The number of sulfonamides is 1. The van der Waals surface area contributed by atoms with E-state index in [2.05, 4.69) is 16.5 Å². The summed E-state index contributed by atoms with van der Waals surface area (Å²) < 4.78 is 27.2. The maximum absolute atomic E-state index is 12.2. The highest BCUT2D eigenvalue weighted by Crippen LogP contribution is 2.22. The van der Waals surface area contributed by atoms with Crippen molar-refractivity contribution in [3.63, 3.8) is 0 Å². The van der Waals surface area contributed by atoms with Gasteiger partial charge in [-0.25, -0.2) is 13.1 Å². The largest absolute Gasteiger partial charge is 0.397 e. The Kier molecular flexibility index (Phi) is 5.48. The van der Waals surface area contributed by atoms with E-state index < -0.39 is 10.0 Å². The van der Waals surface area contributed by atoms with Crippen molar-refractivity contribution >= 4 is 27.3 Å². The van der Waals surface area contributed by atoms with Crippen LogP contribution in [0.4, 0.5) is 5.69 Å². The van der Waals surface area contributed by atoms with Crippen molar-refractivity contribution in [3.05, 3.63) is 23.2 Å². The number of likely N-dealkylation sites (tertiary alicyclic amines) is 1. The van der Waals surface area contributed by atoms with E-state index in [1.54, 1.807) is 0 Å². The van der Waals surface area contributed by atoms with E-state index in [0.717, 1.165) is 32.5 Å². The third-order valence-corrected chi connectivity index (χ3v) is 5.76. The molecule has 1 aliphatic heterocycles. The molecule has 1 aliphatic rings. The number of nitrogens with one attached hydrogen (secondary N) is 1. The molecule has 0 atom stereocenters. The lowest BCUT2D eigenvalue weighted by Gasteiger charge is -2.30. The normalized spacial score (nSPS) is 18.0. The molecule has 0 unspecified atom stereocenters. The summed E-state index contributed by atoms with van der Waals surface area (Å²) in [4.78, 5) is 2.54. The molecular weight excluding hydrogens is 310 g/mol. The SMILES string of the molecule is CCN1CCC(CNS(=O)(=O)c2ccc(Cl)c(N)c2)CC1. The summed E-state index contributed by atoms with van der Waals surface area (Å²) in [7, 11) is -3.52. The number of nitrogen functional groups attached to an aromatic ring is 1. The van der Waals surface area contributed by atoms with Crippen LogP contribution in [-0.2, 0) is 10.0 Å². The van der Waals surface area contributed by atoms with Crippen LogP contribution in [0.5, 0.6) is 0 Å². The number of halogens is 1. The zero-order chi connectivity index (χ0) is 15.5. The summed E-state index contributed by atoms with van der Waals surface area (Å²) in [5, 5.41) is 0.362. The van der Waals surface area contributed by atoms with Gasteiger partial charge in [-0.15, -0.1) is 0 Å². The molecule has 0 amide bonds. The Morgan fingerprint density at radius 3 is 2.62 bits per heavy atom. The number of anilines is 1. The zero-order valence-electron chi connectivity index (χ0n) is 12.2. The van der Waals surface area contributed by atoms with Crippen LogP contribution in [0.15, 0.2) is 23.1 Å². The van der Waals surface area contributed by atoms with Gasteiger partial charge in [0.15, 0.2) is 0 Å². The smallest absolute Gasteiger partial charge is 0.240 e. The highest BCUT2D eigenvalue weighted by Gasteiger charge is 2.21. The Bertz CT molecular complexity index is 584. The lowest BCUT2D eigenvalue weighted by Crippen LogP contribution is -2.38. The van der Waals surface area contributed by atoms with Crippen LogP contribution in [0.25, 0.3) is 0 Å². The van der Waals surface area contributed by atoms with Gasteiger partial charge >= 0.3 is 0 Å². The lowest BCUT2D eigenvalue weighted by atomic mass is 9.97. The maximum Gasteiger partial charge on any atom is 0.240 e. The van der Waals surface area contributed by atoms with Gasteiger partial charge in [-0.3, -0.25) is 0 Å². The summed E-state index contributed by atoms with van der Waals surface area (Å²) in [6.45, 7) is 5.76. The van der Waals surface area contributed by atoms with Gasteiger partial charge in [-0.1, -0.05) is 18.5 Å². The molecule has 5 nitrogen and oxygen atoms in total. The molecule has 118 valence electrons. The Balaban J connectivity index is 1.94. The van der Waals surface area contributed by atoms with Crippen LogP contribution in [0.1, 0.15) is 19.8 Å². The minimum atomic E-state index is -3.52. The second kappa shape index (κ2) is 6.96. The van der Waals surface area contributed by atoms with Crippen molar-refractivity contribution in [2.45, 2.75) is 24.7 Å². The predicted molar refractivity (Wildman–Crippen MR) is 85.9 cm³/mol. The first-order valence-electron chi connectivity index (χ1n) is 7.19. The van der Waals surface area contributed by atoms with Crippen LogP contribution in [-0.4, -0.2) is 39.5 Å². The minimum Gasteiger partial charge on any atom is -0.397 e. The van der Waals surface area contributed by atoms with Crippen LogP contribution in [0, 0.1) is 5.92 Å². The van der Waals surface area contributed by atoms with E-state index in [1.807, 2.05) is 0 Å². The van der Waals surface area contributed by atoms with Gasteiger partial charge < -0.3 is 10.6 Å². The predicted octanol–water partition coefficient (Wildman–Crippen LogP) is 1.93. The van der Waals surface area contributed by atoms with Gasteiger partial charge in [-0.05, 0) is 56.6 Å². The highest BCUT2D eigenvalue weighted by atomic mass is 35.5. The van der Waals surface area contributed by atoms with E-state index in [4.69, 9.17) is 17.3 Å². The first kappa shape index (κ1) is 16.5. The molecule has 0 bridgehead atoms. The molecule has 1 aromatic carbocycles. The minimum absolute atomic E-state index is 0.162. The Morgan fingerprint density at radius 2 is 2.05 bits per heavy atom. The van der Waals surface area contributed by atoms with Gasteiger partial charge in [0.1, 0.15) is 0 Å². The summed E-state index contributed by atoms with van der Waals surface area (Å²) in [6.07, 6.45) is 2.05. The molecule has 3 N–H and O–H groups in total. The van der Waals surface area contributed by atoms with Gasteiger partial charge in [0.25, 0.3) is 0 Å². The van der Waals surface area contributed by atoms with E-state index in [1.165, 1.54) is 18.2 Å². The summed E-state index contributed by atoms with van der Waals surface area (Å²) in [5.74, 6) is 0.396. The molecule has 0 aliphatic carbocycles. The Hall–Kier alpha value is -0.820. The van der Waals surface area contributed by atoms with Crippen LogP contribution < -0.4 is 10.5 Å². The molecule has 1 fully saturated rings. The molecule has 2 rings (SSSR count). The standard InChI is InChI=1S/C14H22ClN3O2S/c1-2-18-7-5-11(6-8-18)10-17-21(19,20)12-3-4-13(15)14(16)9-12/h3-4,9,11,17H,2,5-8,10,16H2,1H3. The Morgan fingerprint density at radius 1 is 1.38 bits per heavy atom. The number of rotatable bonds is 5. The molecule has 1 heterocycles. The van der Waals surface area contributed by atoms with Crippen LogP contribution in [0.3, 0.4) is 0 Å². The monoisotopic (exact) mass is 331 g/mol. The first-order valence-corrected chi connectivity index (χ1v) is 9.05. The van der Waals surface area contributed by atoms with Gasteiger partial charge in [-0.2, -0.15) is 0 Å². The Labute approximate surface area is 131 Å². The lowest BCUT2D eigenvalue weighted by molar-refractivity contribution is 0.194. The van der Waals surface area contributed by atoms with E-state index >= 15 is 0 Å². The third kappa shape index (κ3) is 4.32. The van der Waals surface area contributed by atoms with Crippen LogP contribution in [0.2, 0.25) is 5.02 Å². The fourth-order valence-electron chi connectivity index (χ4n) is 2.51.